The topological polar surface area (TPSA) is 69.3 Å². The number of hydrogen-bond acceptors (Lipinski definition) is 6. The van der Waals surface area contributed by atoms with Gasteiger partial charge in [0.25, 0.3) is 0 Å². The van der Waals surface area contributed by atoms with Gasteiger partial charge in [-0.2, -0.15) is 0 Å². The predicted molar refractivity (Wildman–Crippen MR) is 115 cm³/mol. The fraction of sp³-hybridized carbons (Fsp3) is 0.435. The summed E-state index contributed by atoms with van der Waals surface area (Å²) in [6.07, 6.45) is 0.701. The summed E-state index contributed by atoms with van der Waals surface area (Å²) < 4.78 is 21.9. The van der Waals surface area contributed by atoms with E-state index in [0.717, 1.165) is 22.6 Å². The van der Waals surface area contributed by atoms with Crippen LogP contribution in [0.5, 0.6) is 23.0 Å². The number of methoxy groups -OCH3 is 3. The Labute approximate surface area is 177 Å². The minimum absolute atomic E-state index is 0.000335. The second-order valence-electron chi connectivity index (χ2n) is 7.36. The van der Waals surface area contributed by atoms with Crippen LogP contribution in [-0.2, 0) is 17.8 Å². The molecule has 0 bridgehead atoms. The lowest BCUT2D eigenvalue weighted by Gasteiger charge is -2.21. The van der Waals surface area contributed by atoms with Gasteiger partial charge in [-0.25, -0.2) is 0 Å². The van der Waals surface area contributed by atoms with Gasteiger partial charge in [0.15, 0.2) is 11.5 Å². The largest absolute Gasteiger partial charge is 0.497 e. The minimum Gasteiger partial charge on any atom is -0.497 e. The van der Waals surface area contributed by atoms with Crippen molar-refractivity contribution in [2.75, 3.05) is 41.0 Å². The first-order valence-electron chi connectivity index (χ1n) is 10.1. The number of fused-ring (bicyclic) bond motifs is 1. The zero-order chi connectivity index (χ0) is 21.5. The zero-order valence-corrected chi connectivity index (χ0v) is 18.1. The Kier molecular flexibility index (Phi) is 7.41. The number of rotatable bonds is 8. The van der Waals surface area contributed by atoms with Gasteiger partial charge in [0, 0.05) is 31.3 Å². The molecule has 1 aliphatic rings. The van der Waals surface area contributed by atoms with Crippen LogP contribution in [0.1, 0.15) is 18.1 Å². The summed E-state index contributed by atoms with van der Waals surface area (Å²) in [6, 6.07) is 11.6. The van der Waals surface area contributed by atoms with Crippen LogP contribution in [-0.4, -0.2) is 57.9 Å². The van der Waals surface area contributed by atoms with Crippen LogP contribution < -0.4 is 24.3 Å². The molecule has 2 aromatic rings. The number of hydrogen-bond donors (Lipinski definition) is 1. The molecule has 162 valence electrons. The normalized spacial score (nSPS) is 16.1. The quantitative estimate of drug-likeness (QED) is 0.716. The summed E-state index contributed by atoms with van der Waals surface area (Å²) in [5.41, 5.74) is 2.13. The molecule has 0 saturated carbocycles. The SMILES string of the molecule is COc1ccc2c(c1)OC(C)CN(CC(=O)NCCc1ccc(OC)c(OC)c1)C2. The number of nitrogens with zero attached hydrogens (tertiary/aromatic N) is 1. The van der Waals surface area contributed by atoms with Crippen molar-refractivity contribution in [3.8, 4) is 23.0 Å². The summed E-state index contributed by atoms with van der Waals surface area (Å²) in [5, 5.41) is 3.01. The Hall–Kier alpha value is -2.93. The highest BCUT2D eigenvalue weighted by atomic mass is 16.5. The Bertz CT molecular complexity index is 871. The summed E-state index contributed by atoms with van der Waals surface area (Å²) in [5.74, 6) is 2.97. The fourth-order valence-electron chi connectivity index (χ4n) is 3.59. The standard InChI is InChI=1S/C23H30N2O5/c1-16-13-25(14-18-6-7-19(27-2)12-21(18)30-16)15-23(26)24-10-9-17-5-8-20(28-3)22(11-17)29-4/h5-8,11-12,16H,9-10,13-15H2,1-4H3,(H,24,26). The molecule has 1 amide bonds. The Balaban J connectivity index is 1.53. The van der Waals surface area contributed by atoms with Gasteiger partial charge in [-0.15, -0.1) is 0 Å². The van der Waals surface area contributed by atoms with Gasteiger partial charge >= 0.3 is 0 Å². The Morgan fingerprint density at radius 3 is 2.63 bits per heavy atom. The molecule has 0 aliphatic carbocycles. The molecule has 0 saturated heterocycles. The number of nitrogens with one attached hydrogen (secondary N) is 1. The molecule has 3 rings (SSSR count). The second kappa shape index (κ2) is 10.2. The molecule has 1 N–H and O–H groups in total. The van der Waals surface area contributed by atoms with Crippen molar-refractivity contribution in [2.45, 2.75) is 26.0 Å². The molecule has 30 heavy (non-hydrogen) atoms. The van der Waals surface area contributed by atoms with Gasteiger partial charge < -0.3 is 24.3 Å². The van der Waals surface area contributed by atoms with Gasteiger partial charge in [-0.05, 0) is 37.1 Å². The lowest BCUT2D eigenvalue weighted by molar-refractivity contribution is -0.122. The molecule has 0 aromatic heterocycles. The van der Waals surface area contributed by atoms with Crippen molar-refractivity contribution < 1.29 is 23.7 Å². The van der Waals surface area contributed by atoms with Gasteiger partial charge in [-0.1, -0.05) is 12.1 Å². The van der Waals surface area contributed by atoms with Gasteiger partial charge in [0.1, 0.15) is 17.6 Å². The Morgan fingerprint density at radius 2 is 1.90 bits per heavy atom. The molecule has 1 heterocycles. The van der Waals surface area contributed by atoms with E-state index in [0.29, 0.717) is 44.1 Å². The third kappa shape index (κ3) is 5.57. The van der Waals surface area contributed by atoms with Crippen LogP contribution in [0.3, 0.4) is 0 Å². The van der Waals surface area contributed by atoms with E-state index in [9.17, 15) is 4.79 Å². The summed E-state index contributed by atoms with van der Waals surface area (Å²) >= 11 is 0. The molecule has 0 fully saturated rings. The monoisotopic (exact) mass is 414 g/mol. The maximum absolute atomic E-state index is 12.5. The molecular formula is C23H30N2O5. The smallest absolute Gasteiger partial charge is 0.234 e. The van der Waals surface area contributed by atoms with E-state index in [1.165, 1.54) is 0 Å². The van der Waals surface area contributed by atoms with Crippen molar-refractivity contribution >= 4 is 5.91 Å². The molecule has 0 radical (unpaired) electrons. The highest BCUT2D eigenvalue weighted by molar-refractivity contribution is 5.78. The maximum Gasteiger partial charge on any atom is 0.234 e. The first-order chi connectivity index (χ1) is 14.5. The zero-order valence-electron chi connectivity index (χ0n) is 18.1. The highest BCUT2D eigenvalue weighted by Crippen LogP contribution is 2.29. The van der Waals surface area contributed by atoms with Gasteiger partial charge in [0.2, 0.25) is 5.91 Å². The van der Waals surface area contributed by atoms with E-state index in [4.69, 9.17) is 18.9 Å². The third-order valence-electron chi connectivity index (χ3n) is 5.06. The minimum atomic E-state index is -0.0158. The lowest BCUT2D eigenvalue weighted by Crippen LogP contribution is -2.40. The molecule has 7 nitrogen and oxygen atoms in total. The van der Waals surface area contributed by atoms with Crippen molar-refractivity contribution in [3.05, 3.63) is 47.5 Å². The first kappa shape index (κ1) is 21.8. The summed E-state index contributed by atoms with van der Waals surface area (Å²) in [7, 11) is 4.87. The van der Waals surface area contributed by atoms with Crippen LogP contribution in [0.15, 0.2) is 36.4 Å². The van der Waals surface area contributed by atoms with E-state index in [2.05, 4.69) is 10.2 Å². The van der Waals surface area contributed by atoms with E-state index in [-0.39, 0.29) is 12.0 Å². The molecule has 2 aromatic carbocycles. The number of carbonyl (C=O) groups excluding carboxylic acids is 1. The van der Waals surface area contributed by atoms with E-state index >= 15 is 0 Å². The molecule has 0 spiro atoms. The highest BCUT2D eigenvalue weighted by Gasteiger charge is 2.22. The van der Waals surface area contributed by atoms with Gasteiger partial charge in [0.05, 0.1) is 27.9 Å². The molecular weight excluding hydrogens is 384 g/mol. The van der Waals surface area contributed by atoms with Crippen molar-refractivity contribution in [1.82, 2.24) is 10.2 Å². The predicted octanol–water partition coefficient (Wildman–Crippen LogP) is 2.65. The molecule has 1 aliphatic heterocycles. The van der Waals surface area contributed by atoms with Crippen LogP contribution in [0.25, 0.3) is 0 Å². The Morgan fingerprint density at radius 1 is 1.10 bits per heavy atom. The summed E-state index contributed by atoms with van der Waals surface area (Å²) in [6.45, 7) is 4.23. The van der Waals surface area contributed by atoms with Crippen LogP contribution in [0.4, 0.5) is 0 Å². The van der Waals surface area contributed by atoms with E-state index < -0.39 is 0 Å². The van der Waals surface area contributed by atoms with E-state index in [1.807, 2.05) is 43.3 Å². The van der Waals surface area contributed by atoms with Crippen molar-refractivity contribution in [2.24, 2.45) is 0 Å². The van der Waals surface area contributed by atoms with Gasteiger partial charge in [-0.3, -0.25) is 9.69 Å². The number of ether oxygens (including phenoxy) is 4. The summed E-state index contributed by atoms with van der Waals surface area (Å²) in [4.78, 5) is 14.6. The maximum atomic E-state index is 12.5. The van der Waals surface area contributed by atoms with E-state index in [1.54, 1.807) is 21.3 Å². The van der Waals surface area contributed by atoms with Crippen molar-refractivity contribution in [1.29, 1.82) is 0 Å². The first-order valence-corrected chi connectivity index (χ1v) is 10.1. The van der Waals surface area contributed by atoms with Crippen LogP contribution >= 0.6 is 0 Å². The second-order valence-corrected chi connectivity index (χ2v) is 7.36. The lowest BCUT2D eigenvalue weighted by atomic mass is 10.1. The molecule has 7 heteroatoms. The van der Waals surface area contributed by atoms with Crippen LogP contribution in [0.2, 0.25) is 0 Å². The average molecular weight is 415 g/mol. The molecule has 1 atom stereocenters. The molecule has 1 unspecified atom stereocenters. The van der Waals surface area contributed by atoms with Crippen molar-refractivity contribution in [3.63, 3.8) is 0 Å². The average Bonchev–Trinajstić information content (AvgIpc) is 2.89. The third-order valence-corrected chi connectivity index (χ3v) is 5.06. The number of amides is 1. The number of benzene rings is 2. The van der Waals surface area contributed by atoms with Crippen LogP contribution in [0, 0.1) is 0 Å². The fourth-order valence-corrected chi connectivity index (χ4v) is 3.59. The number of carbonyl (C=O) groups is 1.